The Morgan fingerprint density at radius 2 is 1.95 bits per heavy atom. The van der Waals surface area contributed by atoms with Crippen molar-refractivity contribution in [3.8, 4) is 0 Å². The lowest BCUT2D eigenvalue weighted by molar-refractivity contribution is -0.533. The Balaban J connectivity index is 2.15. The molecule has 1 fully saturated rings. The predicted octanol–water partition coefficient (Wildman–Crippen LogP) is 3.51. The van der Waals surface area contributed by atoms with Crippen molar-refractivity contribution in [2.45, 2.75) is 19.5 Å². The lowest BCUT2D eigenvalue weighted by Crippen LogP contribution is -2.42. The van der Waals surface area contributed by atoms with Crippen LogP contribution in [0.1, 0.15) is 13.8 Å². The fraction of sp³-hybridized carbons (Fsp3) is 0.538. The van der Waals surface area contributed by atoms with Crippen LogP contribution in [0, 0.1) is 10.1 Å². The van der Waals surface area contributed by atoms with Crippen molar-refractivity contribution in [2.75, 3.05) is 36.3 Å². The highest BCUT2D eigenvalue weighted by Gasteiger charge is 2.51. The summed E-state index contributed by atoms with van der Waals surface area (Å²) in [5.41, 5.74) is 0.498. The zero-order valence-corrected chi connectivity index (χ0v) is 14.9. The zero-order chi connectivity index (χ0) is 15.4. The molecule has 3 rings (SSSR count). The molecule has 0 spiro atoms. The van der Waals surface area contributed by atoms with Gasteiger partial charge in [0.05, 0.1) is 32.6 Å². The molecule has 0 unspecified atom stereocenters. The normalized spacial score (nSPS) is 20.9. The van der Waals surface area contributed by atoms with Gasteiger partial charge in [-0.1, -0.05) is 0 Å². The van der Waals surface area contributed by atoms with E-state index in [1.54, 1.807) is 13.8 Å². The largest absolute Gasteiger partial charge is 0.753 e. The number of morpholine rings is 1. The van der Waals surface area contributed by atoms with Gasteiger partial charge in [-0.05, 0) is 37.9 Å². The monoisotopic (exact) mass is 419 g/mol. The summed E-state index contributed by atoms with van der Waals surface area (Å²) in [6.07, 6.45) is 0. The molecule has 8 heteroatoms. The van der Waals surface area contributed by atoms with Gasteiger partial charge in [-0.3, -0.25) is 0 Å². The minimum atomic E-state index is -1.16. The third-order valence-electron chi connectivity index (χ3n) is 3.90. The molecule has 21 heavy (non-hydrogen) atoms. The van der Waals surface area contributed by atoms with Crippen molar-refractivity contribution in [2.24, 2.45) is 0 Å². The first kappa shape index (κ1) is 15.2. The number of ether oxygens (including phenoxy) is 1. The van der Waals surface area contributed by atoms with Crippen LogP contribution in [0.25, 0.3) is 0 Å². The third-order valence-corrected chi connectivity index (χ3v) is 5.29. The summed E-state index contributed by atoms with van der Waals surface area (Å²) >= 11 is 6.94. The standard InChI is InChI=1S/C13H15Br2N3O3/c1-13(2)17(19)11-8(14)7-9(10(15)12(11)18(13)20)16-3-5-21-6-4-16/h7H,3-6H2,1-2H3. The second kappa shape index (κ2) is 5.19. The van der Waals surface area contributed by atoms with Gasteiger partial charge in [0, 0.05) is 31.8 Å². The van der Waals surface area contributed by atoms with Crippen LogP contribution in [0.4, 0.5) is 17.1 Å². The molecule has 0 atom stereocenters. The molecule has 2 heterocycles. The minimum Gasteiger partial charge on any atom is -0.753 e. The van der Waals surface area contributed by atoms with Gasteiger partial charge in [0.2, 0.25) is 0 Å². The van der Waals surface area contributed by atoms with Gasteiger partial charge in [-0.25, -0.2) is 0 Å². The van der Waals surface area contributed by atoms with Crippen molar-refractivity contribution in [1.29, 1.82) is 0 Å². The number of fused-ring (bicyclic) bond motifs is 1. The number of nitroso groups, excluding NO2 is 1. The topological polar surface area (TPSA) is 58.8 Å². The van der Waals surface area contributed by atoms with E-state index in [1.807, 2.05) is 6.07 Å². The van der Waals surface area contributed by atoms with Crippen LogP contribution >= 0.6 is 31.9 Å². The summed E-state index contributed by atoms with van der Waals surface area (Å²) in [4.78, 5) is 14.5. The molecule has 0 saturated carbocycles. The average Bonchev–Trinajstić information content (AvgIpc) is 2.65. The molecule has 2 aliphatic rings. The second-order valence-corrected chi connectivity index (χ2v) is 7.22. The molecule has 114 valence electrons. The fourth-order valence-corrected chi connectivity index (χ4v) is 3.91. The Bertz CT molecular complexity index is 615. The van der Waals surface area contributed by atoms with Crippen LogP contribution in [-0.4, -0.2) is 36.7 Å². The van der Waals surface area contributed by atoms with Crippen LogP contribution in [0.5, 0.6) is 0 Å². The van der Waals surface area contributed by atoms with E-state index in [1.165, 1.54) is 0 Å². The molecule has 0 radical (unpaired) electrons. The van der Waals surface area contributed by atoms with Gasteiger partial charge in [0.25, 0.3) is 11.4 Å². The van der Waals surface area contributed by atoms with E-state index < -0.39 is 5.66 Å². The number of benzene rings is 1. The zero-order valence-electron chi connectivity index (χ0n) is 11.7. The van der Waals surface area contributed by atoms with Crippen LogP contribution in [0.2, 0.25) is 0 Å². The number of hydrogen-bond donors (Lipinski definition) is 0. The Labute approximate surface area is 139 Å². The summed E-state index contributed by atoms with van der Waals surface area (Å²) in [7, 11) is 0. The van der Waals surface area contributed by atoms with Gasteiger partial charge >= 0.3 is 0 Å². The highest BCUT2D eigenvalue weighted by Crippen LogP contribution is 2.53. The van der Waals surface area contributed by atoms with Gasteiger partial charge in [0.1, 0.15) is 5.69 Å². The van der Waals surface area contributed by atoms with Crippen molar-refractivity contribution >= 4 is 48.9 Å². The van der Waals surface area contributed by atoms with Crippen LogP contribution < -0.4 is 9.96 Å². The highest BCUT2D eigenvalue weighted by molar-refractivity contribution is 9.11. The van der Waals surface area contributed by atoms with E-state index >= 15 is 0 Å². The van der Waals surface area contributed by atoms with Crippen LogP contribution in [0.3, 0.4) is 0 Å². The lowest BCUT2D eigenvalue weighted by Gasteiger charge is -2.34. The molecule has 1 aromatic carbocycles. The van der Waals surface area contributed by atoms with Crippen LogP contribution in [-0.2, 0) is 4.74 Å². The summed E-state index contributed by atoms with van der Waals surface area (Å²) in [5, 5.41) is 13.3. The summed E-state index contributed by atoms with van der Waals surface area (Å²) in [6, 6.07) is 1.88. The lowest BCUT2D eigenvalue weighted by atomic mass is 10.2. The molecule has 6 nitrogen and oxygen atoms in total. The number of rotatable bonds is 1. The first-order valence-electron chi connectivity index (χ1n) is 6.65. The number of anilines is 2. The van der Waals surface area contributed by atoms with Gasteiger partial charge in [0.15, 0.2) is 0 Å². The molecular formula is C13H15Br2N3O3. The summed E-state index contributed by atoms with van der Waals surface area (Å²) in [6.45, 7) is 6.05. The SMILES string of the molecule is CC1(C)N([O-])c2c(Br)c(N3CCOCC3)cc(Br)c2[N+]1=O. The van der Waals surface area contributed by atoms with Crippen molar-refractivity contribution in [3.63, 3.8) is 0 Å². The maximum absolute atomic E-state index is 12.5. The molecule has 0 aromatic heterocycles. The predicted molar refractivity (Wildman–Crippen MR) is 88.1 cm³/mol. The third kappa shape index (κ3) is 2.19. The number of hydroxylamine groups is 1. The molecule has 0 amide bonds. The quantitative estimate of drug-likeness (QED) is 0.650. The van der Waals surface area contributed by atoms with Gasteiger partial charge in [-0.2, -0.15) is 0 Å². The van der Waals surface area contributed by atoms with Crippen molar-refractivity contribution < 1.29 is 9.50 Å². The smallest absolute Gasteiger partial charge is 0.296 e. The van der Waals surface area contributed by atoms with Crippen molar-refractivity contribution in [3.05, 3.63) is 25.1 Å². The molecule has 2 aliphatic heterocycles. The Kier molecular flexibility index (Phi) is 3.76. The second-order valence-electron chi connectivity index (χ2n) is 5.57. The first-order valence-corrected chi connectivity index (χ1v) is 8.23. The maximum atomic E-state index is 12.5. The average molecular weight is 421 g/mol. The molecular weight excluding hydrogens is 406 g/mol. The van der Waals surface area contributed by atoms with Gasteiger partial charge < -0.3 is 19.9 Å². The summed E-state index contributed by atoms with van der Waals surface area (Å²) in [5.74, 6) is 0. The molecule has 1 saturated heterocycles. The Morgan fingerprint density at radius 1 is 1.33 bits per heavy atom. The van der Waals surface area contributed by atoms with Gasteiger partial charge in [-0.15, -0.1) is 0 Å². The Hall–Kier alpha value is -0.700. The van der Waals surface area contributed by atoms with Crippen LogP contribution in [0.15, 0.2) is 15.0 Å². The van der Waals surface area contributed by atoms with E-state index in [0.717, 1.165) is 28.6 Å². The van der Waals surface area contributed by atoms with E-state index in [-0.39, 0.29) is 0 Å². The molecule has 0 aliphatic carbocycles. The molecule has 0 N–H and O–H groups in total. The van der Waals surface area contributed by atoms with E-state index in [4.69, 9.17) is 4.74 Å². The Morgan fingerprint density at radius 3 is 2.57 bits per heavy atom. The van der Waals surface area contributed by atoms with E-state index in [0.29, 0.717) is 33.5 Å². The number of nitrogens with zero attached hydrogens (tertiary/aromatic N) is 3. The van der Waals surface area contributed by atoms with Crippen molar-refractivity contribution in [1.82, 2.24) is 0 Å². The maximum Gasteiger partial charge on any atom is 0.296 e. The highest BCUT2D eigenvalue weighted by atomic mass is 79.9. The fourth-order valence-electron chi connectivity index (χ4n) is 2.63. The van der Waals surface area contributed by atoms with E-state index in [9.17, 15) is 10.1 Å². The molecule has 0 bridgehead atoms. The summed E-state index contributed by atoms with van der Waals surface area (Å²) < 4.78 is 7.40. The minimum absolute atomic E-state index is 0.374. The van der Waals surface area contributed by atoms with E-state index in [2.05, 4.69) is 36.8 Å². The number of hydrogen-bond acceptors (Lipinski definition) is 5. The molecule has 1 aromatic rings. The number of halogens is 2. The first-order chi connectivity index (χ1) is 9.85.